The fourth-order valence-corrected chi connectivity index (χ4v) is 1.65. The van der Waals surface area contributed by atoms with Gasteiger partial charge in [0.15, 0.2) is 0 Å². The smallest absolute Gasteiger partial charge is 0.0986 e. The molecule has 10 heavy (non-hydrogen) atoms. The molecule has 0 aromatic heterocycles. The van der Waals surface area contributed by atoms with Gasteiger partial charge in [0, 0.05) is 13.2 Å². The zero-order valence-corrected chi connectivity index (χ0v) is 6.97. The van der Waals surface area contributed by atoms with Crippen LogP contribution in [-0.2, 0) is 4.74 Å². The van der Waals surface area contributed by atoms with E-state index in [1.54, 1.807) is 7.11 Å². The minimum absolute atomic E-state index is 0.782. The number of hydrogen-bond donors (Lipinski definition) is 0. The second-order valence-electron chi connectivity index (χ2n) is 3.11. The lowest BCUT2D eigenvalue weighted by Crippen LogP contribution is -2.30. The minimum Gasteiger partial charge on any atom is -0.369 e. The van der Waals surface area contributed by atoms with Crippen LogP contribution in [0.5, 0.6) is 0 Å². The van der Waals surface area contributed by atoms with Crippen molar-refractivity contribution in [2.45, 2.75) is 31.7 Å². The molecule has 0 spiro atoms. The Morgan fingerprint density at radius 2 is 2.00 bits per heavy atom. The highest BCUT2D eigenvalue weighted by Gasteiger charge is 2.18. The van der Waals surface area contributed by atoms with Crippen LogP contribution in [0.15, 0.2) is 0 Å². The third-order valence-electron chi connectivity index (χ3n) is 2.28. The standard InChI is InChI=1S/C8H17NO/c1-9(7-10-2)8-5-3-4-6-8/h8H,3-7H2,1-2H3. The summed E-state index contributed by atoms with van der Waals surface area (Å²) in [6.45, 7) is 0.782. The molecule has 0 N–H and O–H groups in total. The Kier molecular flexibility index (Phi) is 3.16. The van der Waals surface area contributed by atoms with Gasteiger partial charge in [-0.05, 0) is 19.9 Å². The van der Waals surface area contributed by atoms with Gasteiger partial charge in [-0.15, -0.1) is 0 Å². The van der Waals surface area contributed by atoms with Gasteiger partial charge in [-0.25, -0.2) is 0 Å². The maximum absolute atomic E-state index is 5.04. The molecule has 2 nitrogen and oxygen atoms in total. The van der Waals surface area contributed by atoms with Gasteiger partial charge in [0.1, 0.15) is 0 Å². The number of methoxy groups -OCH3 is 1. The average Bonchev–Trinajstić information content (AvgIpc) is 2.38. The Balaban J connectivity index is 2.18. The molecular formula is C8H17NO. The van der Waals surface area contributed by atoms with Crippen LogP contribution in [-0.4, -0.2) is 31.8 Å². The Labute approximate surface area is 63.2 Å². The summed E-state index contributed by atoms with van der Waals surface area (Å²) in [5, 5.41) is 0. The van der Waals surface area contributed by atoms with E-state index in [2.05, 4.69) is 11.9 Å². The lowest BCUT2D eigenvalue weighted by molar-refractivity contribution is 0.0547. The summed E-state index contributed by atoms with van der Waals surface area (Å²) in [4.78, 5) is 2.30. The Morgan fingerprint density at radius 1 is 1.40 bits per heavy atom. The van der Waals surface area contributed by atoms with Crippen molar-refractivity contribution >= 4 is 0 Å². The molecule has 0 aromatic carbocycles. The van der Waals surface area contributed by atoms with Crippen molar-refractivity contribution in [1.29, 1.82) is 0 Å². The molecule has 0 atom stereocenters. The van der Waals surface area contributed by atoms with Crippen molar-refractivity contribution in [3.63, 3.8) is 0 Å². The van der Waals surface area contributed by atoms with Crippen LogP contribution in [0.4, 0.5) is 0 Å². The van der Waals surface area contributed by atoms with Crippen molar-refractivity contribution in [1.82, 2.24) is 4.90 Å². The van der Waals surface area contributed by atoms with Crippen LogP contribution in [0.3, 0.4) is 0 Å². The second-order valence-corrected chi connectivity index (χ2v) is 3.11. The highest BCUT2D eigenvalue weighted by atomic mass is 16.5. The molecule has 60 valence electrons. The summed E-state index contributed by atoms with van der Waals surface area (Å²) in [5.74, 6) is 0. The predicted molar refractivity (Wildman–Crippen MR) is 41.9 cm³/mol. The molecule has 1 aliphatic carbocycles. The summed E-state index contributed by atoms with van der Waals surface area (Å²) in [6, 6.07) is 0.792. The summed E-state index contributed by atoms with van der Waals surface area (Å²) in [5.41, 5.74) is 0. The van der Waals surface area contributed by atoms with E-state index in [0.717, 1.165) is 12.8 Å². The van der Waals surface area contributed by atoms with Gasteiger partial charge in [0.05, 0.1) is 6.73 Å². The highest BCUT2D eigenvalue weighted by molar-refractivity contribution is 4.73. The van der Waals surface area contributed by atoms with E-state index >= 15 is 0 Å². The summed E-state index contributed by atoms with van der Waals surface area (Å²) < 4.78 is 5.04. The first-order chi connectivity index (χ1) is 4.84. The minimum atomic E-state index is 0.782. The molecule has 0 radical (unpaired) electrons. The number of nitrogens with zero attached hydrogens (tertiary/aromatic N) is 1. The first-order valence-electron chi connectivity index (χ1n) is 4.04. The van der Waals surface area contributed by atoms with E-state index in [1.165, 1.54) is 25.7 Å². The first-order valence-corrected chi connectivity index (χ1v) is 4.04. The van der Waals surface area contributed by atoms with Gasteiger partial charge in [0.2, 0.25) is 0 Å². The molecule has 0 saturated heterocycles. The van der Waals surface area contributed by atoms with Gasteiger partial charge in [0.25, 0.3) is 0 Å². The third-order valence-corrected chi connectivity index (χ3v) is 2.28. The van der Waals surface area contributed by atoms with Gasteiger partial charge >= 0.3 is 0 Å². The monoisotopic (exact) mass is 143 g/mol. The van der Waals surface area contributed by atoms with E-state index in [9.17, 15) is 0 Å². The normalized spacial score (nSPS) is 20.7. The number of hydrogen-bond acceptors (Lipinski definition) is 2. The van der Waals surface area contributed by atoms with Crippen molar-refractivity contribution in [2.24, 2.45) is 0 Å². The second kappa shape index (κ2) is 3.94. The summed E-state index contributed by atoms with van der Waals surface area (Å²) >= 11 is 0. The quantitative estimate of drug-likeness (QED) is 0.555. The highest BCUT2D eigenvalue weighted by Crippen LogP contribution is 2.21. The van der Waals surface area contributed by atoms with Crippen molar-refractivity contribution < 1.29 is 4.74 Å². The van der Waals surface area contributed by atoms with Crippen LogP contribution < -0.4 is 0 Å². The maximum atomic E-state index is 5.04. The van der Waals surface area contributed by atoms with E-state index in [0.29, 0.717) is 0 Å². The van der Waals surface area contributed by atoms with Crippen molar-refractivity contribution in [2.75, 3.05) is 20.9 Å². The zero-order valence-electron chi connectivity index (χ0n) is 6.97. The zero-order chi connectivity index (χ0) is 7.40. The van der Waals surface area contributed by atoms with Crippen LogP contribution in [0.1, 0.15) is 25.7 Å². The predicted octanol–water partition coefficient (Wildman–Crippen LogP) is 1.46. The molecule has 1 saturated carbocycles. The molecule has 1 fully saturated rings. The molecule has 0 unspecified atom stereocenters. The maximum Gasteiger partial charge on any atom is 0.0986 e. The van der Waals surface area contributed by atoms with E-state index in [-0.39, 0.29) is 0 Å². The summed E-state index contributed by atoms with van der Waals surface area (Å²) in [6.07, 6.45) is 5.52. The van der Waals surface area contributed by atoms with Crippen LogP contribution >= 0.6 is 0 Å². The molecule has 1 rings (SSSR count). The van der Waals surface area contributed by atoms with Crippen LogP contribution in [0.2, 0.25) is 0 Å². The Morgan fingerprint density at radius 3 is 2.50 bits per heavy atom. The fraction of sp³-hybridized carbons (Fsp3) is 1.00. The molecule has 0 bridgehead atoms. The molecule has 0 amide bonds. The molecule has 0 aliphatic heterocycles. The molecule has 0 aromatic rings. The molecular weight excluding hydrogens is 126 g/mol. The molecule has 2 heteroatoms. The van der Waals surface area contributed by atoms with E-state index < -0.39 is 0 Å². The third kappa shape index (κ3) is 1.96. The average molecular weight is 143 g/mol. The Hall–Kier alpha value is -0.0800. The Bertz CT molecular complexity index is 89.3. The topological polar surface area (TPSA) is 12.5 Å². The van der Waals surface area contributed by atoms with Crippen LogP contribution in [0.25, 0.3) is 0 Å². The van der Waals surface area contributed by atoms with Crippen molar-refractivity contribution in [3.8, 4) is 0 Å². The van der Waals surface area contributed by atoms with Gasteiger partial charge in [-0.2, -0.15) is 0 Å². The first kappa shape index (κ1) is 8.02. The summed E-state index contributed by atoms with van der Waals surface area (Å²) in [7, 11) is 3.89. The van der Waals surface area contributed by atoms with Crippen LogP contribution in [0, 0.1) is 0 Å². The SMILES string of the molecule is COCN(C)C1CCCC1. The van der Waals surface area contributed by atoms with Gasteiger partial charge < -0.3 is 4.74 Å². The largest absolute Gasteiger partial charge is 0.369 e. The number of ether oxygens (including phenoxy) is 1. The van der Waals surface area contributed by atoms with Gasteiger partial charge in [-0.1, -0.05) is 12.8 Å². The van der Waals surface area contributed by atoms with Crippen molar-refractivity contribution in [3.05, 3.63) is 0 Å². The fourth-order valence-electron chi connectivity index (χ4n) is 1.65. The lowest BCUT2D eigenvalue weighted by atomic mass is 10.2. The molecule has 0 heterocycles. The van der Waals surface area contributed by atoms with E-state index in [1.807, 2.05) is 0 Å². The van der Waals surface area contributed by atoms with Gasteiger partial charge in [-0.3, -0.25) is 4.90 Å². The lowest BCUT2D eigenvalue weighted by Gasteiger charge is -2.22. The molecule has 1 aliphatic rings. The van der Waals surface area contributed by atoms with E-state index in [4.69, 9.17) is 4.74 Å². The number of rotatable bonds is 3.